The quantitative estimate of drug-likeness (QED) is 0.598. The fraction of sp³-hybridized carbons (Fsp3) is 0.435. The van der Waals surface area contributed by atoms with Crippen LogP contribution in [0, 0.1) is 13.8 Å². The third kappa shape index (κ3) is 4.33. The SMILES string of the molecule is Cc1cc(C(=O)N(Cc2ccco2)C2CCN(C)CC2)c(C)n1Cc1cccs1. The zero-order chi connectivity index (χ0) is 20.4. The Morgan fingerprint density at radius 2 is 2.03 bits per heavy atom. The molecule has 5 nitrogen and oxygen atoms in total. The first kappa shape index (κ1) is 20.0. The Morgan fingerprint density at radius 3 is 2.69 bits per heavy atom. The minimum absolute atomic E-state index is 0.112. The summed E-state index contributed by atoms with van der Waals surface area (Å²) in [5.74, 6) is 0.950. The number of aromatic nitrogens is 1. The first-order chi connectivity index (χ1) is 14.0. The summed E-state index contributed by atoms with van der Waals surface area (Å²) in [6.45, 7) is 7.52. The third-order valence-electron chi connectivity index (χ3n) is 5.99. The molecule has 1 amide bonds. The summed E-state index contributed by atoms with van der Waals surface area (Å²) < 4.78 is 7.83. The standard InChI is InChI=1S/C23H29N3O2S/c1-17-14-22(18(2)25(17)16-21-7-5-13-29-21)23(27)26(15-20-6-4-12-28-20)19-8-10-24(3)11-9-19/h4-7,12-14,19H,8-11,15-16H2,1-3H3. The fourth-order valence-corrected chi connectivity index (χ4v) is 4.91. The normalized spacial score (nSPS) is 15.7. The molecule has 0 spiro atoms. The molecule has 3 aromatic rings. The Morgan fingerprint density at radius 1 is 1.24 bits per heavy atom. The molecule has 0 bridgehead atoms. The van der Waals surface area contributed by atoms with Crippen LogP contribution in [0.4, 0.5) is 0 Å². The summed E-state index contributed by atoms with van der Waals surface area (Å²) in [5, 5.41) is 2.10. The molecular formula is C23H29N3O2S. The van der Waals surface area contributed by atoms with Crippen molar-refractivity contribution in [1.82, 2.24) is 14.4 Å². The van der Waals surface area contributed by atoms with Gasteiger partial charge in [-0.15, -0.1) is 11.3 Å². The molecule has 3 aromatic heterocycles. The Balaban J connectivity index is 1.61. The molecule has 1 aliphatic rings. The van der Waals surface area contributed by atoms with Gasteiger partial charge in [0.25, 0.3) is 5.91 Å². The lowest BCUT2D eigenvalue weighted by Gasteiger charge is -2.37. The van der Waals surface area contributed by atoms with Crippen LogP contribution in [-0.4, -0.2) is 46.5 Å². The van der Waals surface area contributed by atoms with Gasteiger partial charge in [0.2, 0.25) is 0 Å². The second-order valence-electron chi connectivity index (χ2n) is 8.00. The molecule has 0 atom stereocenters. The average Bonchev–Trinajstić information content (AvgIpc) is 3.46. The Bertz CT molecular complexity index is 935. The van der Waals surface area contributed by atoms with Crippen molar-refractivity contribution >= 4 is 17.2 Å². The number of amides is 1. The lowest BCUT2D eigenvalue weighted by molar-refractivity contribution is 0.0550. The zero-order valence-electron chi connectivity index (χ0n) is 17.4. The van der Waals surface area contributed by atoms with Crippen LogP contribution in [0.5, 0.6) is 0 Å². The highest BCUT2D eigenvalue weighted by molar-refractivity contribution is 7.09. The van der Waals surface area contributed by atoms with E-state index in [1.807, 2.05) is 17.0 Å². The summed E-state index contributed by atoms with van der Waals surface area (Å²) >= 11 is 1.75. The number of carbonyl (C=O) groups is 1. The highest BCUT2D eigenvalue weighted by atomic mass is 32.1. The summed E-state index contributed by atoms with van der Waals surface area (Å²) in [7, 11) is 2.15. The van der Waals surface area contributed by atoms with E-state index in [1.54, 1.807) is 17.6 Å². The number of hydrogen-bond acceptors (Lipinski definition) is 4. The summed E-state index contributed by atoms with van der Waals surface area (Å²) in [5.41, 5.74) is 2.98. The highest BCUT2D eigenvalue weighted by Crippen LogP contribution is 2.25. The molecule has 0 N–H and O–H groups in total. The fourth-order valence-electron chi connectivity index (χ4n) is 4.22. The van der Waals surface area contributed by atoms with E-state index in [2.05, 4.69) is 53.9 Å². The maximum atomic E-state index is 13.7. The van der Waals surface area contributed by atoms with Gasteiger partial charge in [-0.3, -0.25) is 4.79 Å². The van der Waals surface area contributed by atoms with E-state index in [0.717, 1.165) is 55.2 Å². The van der Waals surface area contributed by atoms with Gasteiger partial charge < -0.3 is 18.8 Å². The van der Waals surface area contributed by atoms with E-state index < -0.39 is 0 Å². The van der Waals surface area contributed by atoms with Gasteiger partial charge in [0.15, 0.2) is 0 Å². The molecule has 0 saturated carbocycles. The van der Waals surface area contributed by atoms with Crippen molar-refractivity contribution < 1.29 is 9.21 Å². The van der Waals surface area contributed by atoms with Gasteiger partial charge in [0.1, 0.15) is 5.76 Å². The van der Waals surface area contributed by atoms with Crippen LogP contribution < -0.4 is 0 Å². The number of furan rings is 1. The molecule has 0 radical (unpaired) electrons. The number of thiophene rings is 1. The van der Waals surface area contributed by atoms with Crippen molar-refractivity contribution in [3.63, 3.8) is 0 Å². The Hall–Kier alpha value is -2.31. The zero-order valence-corrected chi connectivity index (χ0v) is 18.2. The lowest BCUT2D eigenvalue weighted by Crippen LogP contribution is -2.46. The van der Waals surface area contributed by atoms with Gasteiger partial charge in [0, 0.05) is 22.3 Å². The maximum Gasteiger partial charge on any atom is 0.256 e. The van der Waals surface area contributed by atoms with Crippen molar-refractivity contribution in [2.45, 2.75) is 45.8 Å². The molecule has 0 aromatic carbocycles. The Labute approximate surface area is 176 Å². The van der Waals surface area contributed by atoms with Crippen molar-refractivity contribution in [3.05, 3.63) is 69.6 Å². The average molecular weight is 412 g/mol. The first-order valence-corrected chi connectivity index (χ1v) is 11.1. The van der Waals surface area contributed by atoms with Crippen LogP contribution in [0.2, 0.25) is 0 Å². The number of hydrogen-bond donors (Lipinski definition) is 0. The molecule has 1 fully saturated rings. The number of carbonyl (C=O) groups excluding carboxylic acids is 1. The van der Waals surface area contributed by atoms with Crippen molar-refractivity contribution in [1.29, 1.82) is 0 Å². The molecule has 0 aliphatic carbocycles. The smallest absolute Gasteiger partial charge is 0.256 e. The number of likely N-dealkylation sites (tertiary alicyclic amines) is 1. The predicted octanol–water partition coefficient (Wildman–Crippen LogP) is 4.54. The second kappa shape index (κ2) is 8.59. The minimum atomic E-state index is 0.112. The highest BCUT2D eigenvalue weighted by Gasteiger charge is 2.30. The number of rotatable bonds is 6. The molecule has 6 heteroatoms. The van der Waals surface area contributed by atoms with Gasteiger partial charge in [-0.2, -0.15) is 0 Å². The van der Waals surface area contributed by atoms with Gasteiger partial charge >= 0.3 is 0 Å². The van der Waals surface area contributed by atoms with E-state index in [0.29, 0.717) is 6.54 Å². The number of nitrogens with zero attached hydrogens (tertiary/aromatic N) is 3. The van der Waals surface area contributed by atoms with Gasteiger partial charge in [-0.25, -0.2) is 0 Å². The molecule has 4 rings (SSSR count). The van der Waals surface area contributed by atoms with E-state index >= 15 is 0 Å². The van der Waals surface area contributed by atoms with Gasteiger partial charge in [0.05, 0.1) is 24.9 Å². The maximum absolute atomic E-state index is 13.7. The largest absolute Gasteiger partial charge is 0.467 e. The molecule has 154 valence electrons. The van der Waals surface area contributed by atoms with E-state index in [9.17, 15) is 4.79 Å². The van der Waals surface area contributed by atoms with E-state index in [4.69, 9.17) is 4.42 Å². The molecule has 4 heterocycles. The van der Waals surface area contributed by atoms with Crippen molar-refractivity contribution in [3.8, 4) is 0 Å². The summed E-state index contributed by atoms with van der Waals surface area (Å²) in [6, 6.07) is 10.4. The Kier molecular flexibility index (Phi) is 5.92. The summed E-state index contributed by atoms with van der Waals surface area (Å²) in [4.78, 5) is 19.4. The second-order valence-corrected chi connectivity index (χ2v) is 9.03. The van der Waals surface area contributed by atoms with Crippen molar-refractivity contribution in [2.75, 3.05) is 20.1 Å². The topological polar surface area (TPSA) is 41.6 Å². The van der Waals surface area contributed by atoms with Gasteiger partial charge in [-0.05, 0) is 76.5 Å². The van der Waals surface area contributed by atoms with E-state index in [1.165, 1.54) is 4.88 Å². The van der Waals surface area contributed by atoms with Crippen LogP contribution >= 0.6 is 11.3 Å². The van der Waals surface area contributed by atoms with Crippen LogP contribution in [0.1, 0.15) is 45.2 Å². The molecule has 1 aliphatic heterocycles. The molecule has 1 saturated heterocycles. The molecule has 0 unspecified atom stereocenters. The van der Waals surface area contributed by atoms with Crippen LogP contribution in [0.15, 0.2) is 46.4 Å². The predicted molar refractivity (Wildman–Crippen MR) is 116 cm³/mol. The van der Waals surface area contributed by atoms with Crippen molar-refractivity contribution in [2.24, 2.45) is 0 Å². The number of aryl methyl sites for hydroxylation is 1. The van der Waals surface area contributed by atoms with Crippen LogP contribution in [-0.2, 0) is 13.1 Å². The lowest BCUT2D eigenvalue weighted by atomic mass is 10.0. The first-order valence-electron chi connectivity index (χ1n) is 10.2. The number of piperidine rings is 1. The molecular weight excluding hydrogens is 382 g/mol. The van der Waals surface area contributed by atoms with Crippen LogP contribution in [0.3, 0.4) is 0 Å². The minimum Gasteiger partial charge on any atom is -0.467 e. The third-order valence-corrected chi connectivity index (χ3v) is 6.86. The molecule has 29 heavy (non-hydrogen) atoms. The van der Waals surface area contributed by atoms with E-state index in [-0.39, 0.29) is 11.9 Å². The van der Waals surface area contributed by atoms with Gasteiger partial charge in [-0.1, -0.05) is 6.07 Å². The van der Waals surface area contributed by atoms with Crippen LogP contribution in [0.25, 0.3) is 0 Å². The monoisotopic (exact) mass is 411 g/mol. The summed E-state index contributed by atoms with van der Waals surface area (Å²) in [6.07, 6.45) is 3.67.